The smallest absolute Gasteiger partial charge is 0.360 e. The standard InChI is InChI=1S/C11H13BrN4O2S/c1-2-18-11(17)10-8(5-13)16(15-14-10)6-7-3-4-9(12)19-7/h3-4H,2,5-6,13H2,1H3. The molecule has 0 aliphatic carbocycles. The van der Waals surface area contributed by atoms with Gasteiger partial charge in [-0.05, 0) is 35.0 Å². The van der Waals surface area contributed by atoms with Crippen LogP contribution in [0.3, 0.4) is 0 Å². The minimum atomic E-state index is -0.485. The van der Waals surface area contributed by atoms with Gasteiger partial charge in [-0.25, -0.2) is 9.48 Å². The fraction of sp³-hybridized carbons (Fsp3) is 0.364. The summed E-state index contributed by atoms with van der Waals surface area (Å²) in [5.41, 5.74) is 6.45. The molecule has 6 nitrogen and oxygen atoms in total. The van der Waals surface area contributed by atoms with E-state index in [2.05, 4.69) is 26.2 Å². The van der Waals surface area contributed by atoms with Gasteiger partial charge in [0.15, 0.2) is 5.69 Å². The Bertz CT molecular complexity index is 581. The number of carbonyl (C=O) groups excluding carboxylic acids is 1. The highest BCUT2D eigenvalue weighted by atomic mass is 79.9. The molecule has 0 bridgehead atoms. The van der Waals surface area contributed by atoms with Crippen molar-refractivity contribution in [1.82, 2.24) is 15.0 Å². The van der Waals surface area contributed by atoms with Crippen LogP contribution in [0.5, 0.6) is 0 Å². The summed E-state index contributed by atoms with van der Waals surface area (Å²) in [4.78, 5) is 12.8. The summed E-state index contributed by atoms with van der Waals surface area (Å²) in [7, 11) is 0. The van der Waals surface area contributed by atoms with Gasteiger partial charge in [-0.15, -0.1) is 16.4 Å². The van der Waals surface area contributed by atoms with E-state index in [1.54, 1.807) is 22.9 Å². The van der Waals surface area contributed by atoms with Gasteiger partial charge in [0.1, 0.15) is 0 Å². The lowest BCUT2D eigenvalue weighted by Crippen LogP contribution is -2.14. The van der Waals surface area contributed by atoms with Crippen molar-refractivity contribution in [2.75, 3.05) is 6.61 Å². The van der Waals surface area contributed by atoms with E-state index in [1.165, 1.54) is 0 Å². The van der Waals surface area contributed by atoms with Crippen molar-refractivity contribution in [3.63, 3.8) is 0 Å². The van der Waals surface area contributed by atoms with Gasteiger partial charge in [0.25, 0.3) is 0 Å². The summed E-state index contributed by atoms with van der Waals surface area (Å²) in [6.07, 6.45) is 0. The van der Waals surface area contributed by atoms with Crippen LogP contribution in [0.4, 0.5) is 0 Å². The molecule has 19 heavy (non-hydrogen) atoms. The first-order valence-corrected chi connectivity index (χ1v) is 7.30. The molecule has 0 aromatic carbocycles. The normalized spacial score (nSPS) is 10.7. The van der Waals surface area contributed by atoms with E-state index < -0.39 is 5.97 Å². The molecule has 0 radical (unpaired) electrons. The molecule has 2 heterocycles. The number of nitrogens with zero attached hydrogens (tertiary/aromatic N) is 3. The van der Waals surface area contributed by atoms with Gasteiger partial charge >= 0.3 is 5.97 Å². The minimum Gasteiger partial charge on any atom is -0.461 e. The molecule has 0 aliphatic heterocycles. The number of halogens is 1. The molecule has 2 rings (SSSR count). The molecule has 2 aromatic rings. The first-order chi connectivity index (χ1) is 9.15. The van der Waals surface area contributed by atoms with E-state index in [9.17, 15) is 4.79 Å². The summed E-state index contributed by atoms with van der Waals surface area (Å²) in [6.45, 7) is 2.77. The maximum Gasteiger partial charge on any atom is 0.360 e. The van der Waals surface area contributed by atoms with Crippen molar-refractivity contribution >= 4 is 33.2 Å². The summed E-state index contributed by atoms with van der Waals surface area (Å²) in [6, 6.07) is 3.95. The van der Waals surface area contributed by atoms with Crippen LogP contribution in [0.15, 0.2) is 15.9 Å². The van der Waals surface area contributed by atoms with E-state index in [-0.39, 0.29) is 12.2 Å². The number of hydrogen-bond acceptors (Lipinski definition) is 6. The number of carbonyl (C=O) groups is 1. The molecule has 0 amide bonds. The summed E-state index contributed by atoms with van der Waals surface area (Å²) in [5, 5.41) is 7.83. The van der Waals surface area contributed by atoms with Crippen LogP contribution in [-0.4, -0.2) is 27.6 Å². The fourth-order valence-electron chi connectivity index (χ4n) is 1.60. The Balaban J connectivity index is 2.24. The van der Waals surface area contributed by atoms with Crippen molar-refractivity contribution in [1.29, 1.82) is 0 Å². The maximum atomic E-state index is 11.7. The van der Waals surface area contributed by atoms with Gasteiger partial charge in [0.05, 0.1) is 22.6 Å². The Labute approximate surface area is 122 Å². The van der Waals surface area contributed by atoms with Crippen LogP contribution < -0.4 is 5.73 Å². The Morgan fingerprint density at radius 1 is 1.58 bits per heavy atom. The van der Waals surface area contributed by atoms with Crippen molar-refractivity contribution in [3.8, 4) is 0 Å². The molecule has 0 fully saturated rings. The molecule has 2 aromatic heterocycles. The highest BCUT2D eigenvalue weighted by Gasteiger charge is 2.19. The van der Waals surface area contributed by atoms with E-state index >= 15 is 0 Å². The highest BCUT2D eigenvalue weighted by Crippen LogP contribution is 2.23. The number of aromatic nitrogens is 3. The van der Waals surface area contributed by atoms with Crippen molar-refractivity contribution in [3.05, 3.63) is 32.2 Å². The average Bonchev–Trinajstić information content (AvgIpc) is 2.96. The van der Waals surface area contributed by atoms with Gasteiger partial charge in [-0.2, -0.15) is 0 Å². The van der Waals surface area contributed by atoms with Crippen LogP contribution in [-0.2, 0) is 17.8 Å². The van der Waals surface area contributed by atoms with Crippen molar-refractivity contribution in [2.24, 2.45) is 5.73 Å². The predicted molar refractivity (Wildman–Crippen MR) is 75.0 cm³/mol. The third kappa shape index (κ3) is 3.20. The Kier molecular flexibility index (Phi) is 4.67. The van der Waals surface area contributed by atoms with Crippen molar-refractivity contribution in [2.45, 2.75) is 20.0 Å². The van der Waals surface area contributed by atoms with E-state index in [0.717, 1.165) is 8.66 Å². The third-order valence-electron chi connectivity index (χ3n) is 2.43. The van der Waals surface area contributed by atoms with E-state index in [4.69, 9.17) is 10.5 Å². The second-order valence-electron chi connectivity index (χ2n) is 3.67. The zero-order valence-electron chi connectivity index (χ0n) is 10.3. The van der Waals surface area contributed by atoms with Gasteiger partial charge in [-0.1, -0.05) is 5.21 Å². The Morgan fingerprint density at radius 2 is 2.37 bits per heavy atom. The van der Waals surface area contributed by atoms with Gasteiger partial charge in [0, 0.05) is 11.4 Å². The molecular formula is C11H13BrN4O2S. The topological polar surface area (TPSA) is 83.0 Å². The molecule has 0 aliphatic rings. The van der Waals surface area contributed by atoms with Crippen LogP contribution >= 0.6 is 27.3 Å². The molecule has 0 unspecified atom stereocenters. The molecule has 0 spiro atoms. The first-order valence-electron chi connectivity index (χ1n) is 5.69. The minimum absolute atomic E-state index is 0.188. The molecule has 2 N–H and O–H groups in total. The third-order valence-corrected chi connectivity index (χ3v) is 4.04. The molecule has 8 heteroatoms. The number of thiophene rings is 1. The van der Waals surface area contributed by atoms with Crippen LogP contribution in [0.2, 0.25) is 0 Å². The molecular weight excluding hydrogens is 332 g/mol. The SMILES string of the molecule is CCOC(=O)c1nnn(Cc2ccc(Br)s2)c1CN. The number of esters is 1. The van der Waals surface area contributed by atoms with Crippen LogP contribution in [0, 0.1) is 0 Å². The van der Waals surface area contributed by atoms with Gasteiger partial charge < -0.3 is 10.5 Å². The van der Waals surface area contributed by atoms with Gasteiger partial charge in [-0.3, -0.25) is 0 Å². The van der Waals surface area contributed by atoms with Crippen LogP contribution in [0.1, 0.15) is 28.0 Å². The summed E-state index contributed by atoms with van der Waals surface area (Å²) < 4.78 is 7.60. The second kappa shape index (κ2) is 6.27. The zero-order chi connectivity index (χ0) is 13.8. The lowest BCUT2D eigenvalue weighted by molar-refractivity contribution is 0.0518. The first kappa shape index (κ1) is 14.2. The fourth-order valence-corrected chi connectivity index (χ4v) is 3.07. The predicted octanol–water partition coefficient (Wildman–Crippen LogP) is 1.79. The number of nitrogens with two attached hydrogens (primary N) is 1. The number of ether oxygens (including phenoxy) is 1. The number of hydrogen-bond donors (Lipinski definition) is 1. The molecule has 0 atom stereocenters. The zero-order valence-corrected chi connectivity index (χ0v) is 12.7. The molecule has 102 valence electrons. The molecule has 0 saturated carbocycles. The van der Waals surface area contributed by atoms with Crippen molar-refractivity contribution < 1.29 is 9.53 Å². The van der Waals surface area contributed by atoms with E-state index in [1.807, 2.05) is 12.1 Å². The maximum absolute atomic E-state index is 11.7. The number of rotatable bonds is 5. The molecule has 0 saturated heterocycles. The quantitative estimate of drug-likeness (QED) is 0.836. The Hall–Kier alpha value is -1.25. The lowest BCUT2D eigenvalue weighted by Gasteiger charge is -2.04. The van der Waals surface area contributed by atoms with E-state index in [0.29, 0.717) is 18.8 Å². The monoisotopic (exact) mass is 344 g/mol. The van der Waals surface area contributed by atoms with Gasteiger partial charge in [0.2, 0.25) is 0 Å². The average molecular weight is 345 g/mol. The van der Waals surface area contributed by atoms with Crippen LogP contribution in [0.25, 0.3) is 0 Å². The Morgan fingerprint density at radius 3 is 2.95 bits per heavy atom. The summed E-state index contributed by atoms with van der Waals surface area (Å²) in [5.74, 6) is -0.485. The second-order valence-corrected chi connectivity index (χ2v) is 6.22. The highest BCUT2D eigenvalue weighted by molar-refractivity contribution is 9.11. The largest absolute Gasteiger partial charge is 0.461 e. The summed E-state index contributed by atoms with van der Waals surface area (Å²) >= 11 is 5.01. The lowest BCUT2D eigenvalue weighted by atomic mass is 10.3.